The van der Waals surface area contributed by atoms with Crippen LogP contribution in [0.5, 0.6) is 5.75 Å². The first kappa shape index (κ1) is 19.7. The van der Waals surface area contributed by atoms with Crippen LogP contribution in [0.15, 0.2) is 39.9 Å². The van der Waals surface area contributed by atoms with E-state index in [0.29, 0.717) is 11.7 Å². The molecule has 0 fully saturated rings. The third-order valence-corrected chi connectivity index (χ3v) is 4.57. The number of imidazole rings is 1. The van der Waals surface area contributed by atoms with E-state index in [-0.39, 0.29) is 30.4 Å². The maximum Gasteiger partial charge on any atom is 0.329 e. The van der Waals surface area contributed by atoms with Crippen molar-refractivity contribution in [2.45, 2.75) is 39.0 Å². The summed E-state index contributed by atoms with van der Waals surface area (Å²) in [4.78, 5) is 31.1. The first-order valence-electron chi connectivity index (χ1n) is 9.22. The van der Waals surface area contributed by atoms with Crippen LogP contribution in [0.1, 0.15) is 20.3 Å². The number of fused-ring (bicyclic) bond motifs is 1. The Morgan fingerprint density at radius 1 is 1.29 bits per heavy atom. The van der Waals surface area contributed by atoms with Gasteiger partial charge in [0, 0.05) is 13.1 Å². The summed E-state index contributed by atoms with van der Waals surface area (Å²) >= 11 is 0. The van der Waals surface area contributed by atoms with E-state index in [4.69, 9.17) is 4.74 Å². The summed E-state index contributed by atoms with van der Waals surface area (Å²) < 4.78 is 8.47. The molecule has 0 saturated carbocycles. The lowest BCUT2D eigenvalue weighted by Crippen LogP contribution is -2.31. The number of aryl methyl sites for hydroxylation is 1. The van der Waals surface area contributed by atoms with E-state index in [0.717, 1.165) is 6.42 Å². The summed E-state index contributed by atoms with van der Waals surface area (Å²) in [7, 11) is 1.54. The monoisotopic (exact) mass is 387 g/mol. The zero-order valence-electron chi connectivity index (χ0n) is 16.2. The molecular weight excluding hydrogens is 362 g/mol. The first-order valence-corrected chi connectivity index (χ1v) is 9.22. The van der Waals surface area contributed by atoms with Crippen LogP contribution >= 0.6 is 0 Å². The Labute approximate surface area is 161 Å². The number of benzene rings is 1. The molecular formula is C19H25N5O4. The normalized spacial score (nSPS) is 13.4. The van der Waals surface area contributed by atoms with Crippen molar-refractivity contribution in [1.82, 2.24) is 19.1 Å². The van der Waals surface area contributed by atoms with E-state index in [9.17, 15) is 14.7 Å². The van der Waals surface area contributed by atoms with E-state index < -0.39 is 17.4 Å². The molecule has 0 aliphatic heterocycles. The van der Waals surface area contributed by atoms with Crippen molar-refractivity contribution in [2.24, 2.45) is 7.05 Å². The van der Waals surface area contributed by atoms with Crippen LogP contribution in [0, 0.1) is 0 Å². The van der Waals surface area contributed by atoms with Crippen molar-refractivity contribution in [2.75, 3.05) is 11.9 Å². The van der Waals surface area contributed by atoms with E-state index in [1.165, 1.54) is 4.57 Å². The minimum Gasteiger partial charge on any atom is -0.491 e. The quantitative estimate of drug-likeness (QED) is 0.533. The average Bonchev–Trinajstić information content (AvgIpc) is 3.03. The number of hydrogen-bond acceptors (Lipinski definition) is 6. The number of aromatic amines is 1. The van der Waals surface area contributed by atoms with Gasteiger partial charge in [-0.15, -0.1) is 0 Å². The van der Waals surface area contributed by atoms with Gasteiger partial charge >= 0.3 is 5.69 Å². The summed E-state index contributed by atoms with van der Waals surface area (Å²) in [5.41, 5.74) is -0.591. The highest BCUT2D eigenvalue weighted by atomic mass is 16.5. The molecule has 3 rings (SSSR count). The Morgan fingerprint density at radius 2 is 2.00 bits per heavy atom. The summed E-state index contributed by atoms with van der Waals surface area (Å²) in [6.07, 6.45) is -0.0373. The van der Waals surface area contributed by atoms with Gasteiger partial charge in [0.05, 0.1) is 6.54 Å². The Hall–Kier alpha value is -3.07. The number of aliphatic hydroxyl groups excluding tert-OH is 1. The summed E-state index contributed by atoms with van der Waals surface area (Å²) in [5, 5.41) is 13.7. The van der Waals surface area contributed by atoms with Gasteiger partial charge in [-0.25, -0.2) is 4.79 Å². The fraction of sp³-hybridized carbons (Fsp3) is 0.421. The molecule has 0 bridgehead atoms. The lowest BCUT2D eigenvalue weighted by molar-refractivity contribution is 0.0938. The van der Waals surface area contributed by atoms with Crippen molar-refractivity contribution in [1.29, 1.82) is 0 Å². The molecule has 2 heterocycles. The molecule has 0 saturated heterocycles. The van der Waals surface area contributed by atoms with Gasteiger partial charge in [-0.1, -0.05) is 25.1 Å². The SMILES string of the molecule is CC[C@H](C)Nc1nc2c(c(=O)[nH]c(=O)n2C)n1C[C@H](O)COc1ccccc1. The van der Waals surface area contributed by atoms with Crippen molar-refractivity contribution in [3.05, 3.63) is 51.2 Å². The second kappa shape index (κ2) is 8.30. The van der Waals surface area contributed by atoms with Gasteiger partial charge < -0.3 is 19.7 Å². The molecule has 1 aromatic carbocycles. The smallest absolute Gasteiger partial charge is 0.329 e. The maximum atomic E-state index is 12.4. The number of ether oxygens (including phenoxy) is 1. The summed E-state index contributed by atoms with van der Waals surface area (Å²) in [6, 6.07) is 9.28. The summed E-state index contributed by atoms with van der Waals surface area (Å²) in [5.74, 6) is 1.07. The number of nitrogens with zero attached hydrogens (tertiary/aromatic N) is 3. The molecule has 3 aromatic rings. The molecule has 9 nitrogen and oxygen atoms in total. The van der Waals surface area contributed by atoms with E-state index in [1.54, 1.807) is 23.7 Å². The lowest BCUT2D eigenvalue weighted by Gasteiger charge is -2.17. The van der Waals surface area contributed by atoms with Gasteiger partial charge in [0.2, 0.25) is 5.95 Å². The van der Waals surface area contributed by atoms with Crippen molar-refractivity contribution < 1.29 is 9.84 Å². The number of rotatable bonds is 8. The number of nitrogens with one attached hydrogen (secondary N) is 2. The molecule has 150 valence electrons. The maximum absolute atomic E-state index is 12.4. The summed E-state index contributed by atoms with van der Waals surface area (Å²) in [6.45, 7) is 4.15. The fourth-order valence-electron chi connectivity index (χ4n) is 2.82. The highest BCUT2D eigenvalue weighted by molar-refractivity contribution is 5.74. The number of aromatic nitrogens is 4. The predicted molar refractivity (Wildman–Crippen MR) is 107 cm³/mol. The van der Waals surface area contributed by atoms with Crippen LogP contribution < -0.4 is 21.3 Å². The van der Waals surface area contributed by atoms with Crippen LogP contribution in [0.25, 0.3) is 11.2 Å². The van der Waals surface area contributed by atoms with Crippen molar-refractivity contribution >= 4 is 17.1 Å². The molecule has 0 amide bonds. The van der Waals surface area contributed by atoms with Gasteiger partial charge in [0.25, 0.3) is 5.56 Å². The Morgan fingerprint density at radius 3 is 2.68 bits per heavy atom. The minimum absolute atomic E-state index is 0.0517. The zero-order valence-corrected chi connectivity index (χ0v) is 16.2. The number of H-pyrrole nitrogens is 1. The molecule has 9 heteroatoms. The standard InChI is InChI=1S/C19H25N5O4/c1-4-12(2)20-18-21-16-15(17(26)22-19(27)23(16)3)24(18)10-13(25)11-28-14-8-6-5-7-9-14/h5-9,12-13,25H,4,10-11H2,1-3H3,(H,20,21)(H,22,26,27)/t12-,13-/m0/s1. The van der Waals surface area contributed by atoms with Crippen LogP contribution in [0.2, 0.25) is 0 Å². The molecule has 0 aliphatic rings. The number of anilines is 1. The average molecular weight is 387 g/mol. The zero-order chi connectivity index (χ0) is 20.3. The van der Waals surface area contributed by atoms with Gasteiger partial charge in [0.15, 0.2) is 11.2 Å². The van der Waals surface area contributed by atoms with E-state index in [1.807, 2.05) is 32.0 Å². The largest absolute Gasteiger partial charge is 0.491 e. The predicted octanol–water partition coefficient (Wildman–Crippen LogP) is 1.07. The second-order valence-electron chi connectivity index (χ2n) is 6.77. The molecule has 2 aromatic heterocycles. The minimum atomic E-state index is -0.883. The molecule has 0 spiro atoms. The third-order valence-electron chi connectivity index (χ3n) is 4.57. The second-order valence-corrected chi connectivity index (χ2v) is 6.77. The lowest BCUT2D eigenvalue weighted by atomic mass is 10.3. The van der Waals surface area contributed by atoms with Gasteiger partial charge in [0.1, 0.15) is 18.5 Å². The Balaban J connectivity index is 1.93. The van der Waals surface area contributed by atoms with Crippen LogP contribution in [-0.4, -0.2) is 43.0 Å². The number of para-hydroxylation sites is 1. The van der Waals surface area contributed by atoms with Crippen LogP contribution in [0.4, 0.5) is 5.95 Å². The molecule has 2 atom stereocenters. The molecule has 3 N–H and O–H groups in total. The highest BCUT2D eigenvalue weighted by Crippen LogP contribution is 2.18. The van der Waals surface area contributed by atoms with E-state index >= 15 is 0 Å². The molecule has 0 radical (unpaired) electrons. The fourth-order valence-corrected chi connectivity index (χ4v) is 2.82. The first-order chi connectivity index (χ1) is 13.4. The van der Waals surface area contributed by atoms with Crippen LogP contribution in [-0.2, 0) is 13.6 Å². The van der Waals surface area contributed by atoms with Gasteiger partial charge in [-0.3, -0.25) is 14.3 Å². The number of hydrogen-bond donors (Lipinski definition) is 3. The van der Waals surface area contributed by atoms with Crippen molar-refractivity contribution in [3.63, 3.8) is 0 Å². The number of aliphatic hydroxyl groups is 1. The van der Waals surface area contributed by atoms with Gasteiger partial charge in [-0.05, 0) is 25.5 Å². The molecule has 28 heavy (non-hydrogen) atoms. The van der Waals surface area contributed by atoms with E-state index in [2.05, 4.69) is 15.3 Å². The highest BCUT2D eigenvalue weighted by Gasteiger charge is 2.20. The van der Waals surface area contributed by atoms with Crippen molar-refractivity contribution in [3.8, 4) is 5.75 Å². The molecule has 0 aliphatic carbocycles. The van der Waals surface area contributed by atoms with Gasteiger partial charge in [-0.2, -0.15) is 4.98 Å². The molecule has 0 unspecified atom stereocenters. The van der Waals surface area contributed by atoms with Crippen LogP contribution in [0.3, 0.4) is 0 Å². The topological polar surface area (TPSA) is 114 Å². The Kier molecular flexibility index (Phi) is 5.84. The third kappa shape index (κ3) is 4.09. The Bertz CT molecular complexity index is 1050.